The summed E-state index contributed by atoms with van der Waals surface area (Å²) in [5.41, 5.74) is 4.84. The first-order valence-corrected chi connectivity index (χ1v) is 9.77. The largest absolute Gasteiger partial charge is 0.493 e. The fraction of sp³-hybridized carbons (Fsp3) is 0.238. The second-order valence-electron chi connectivity index (χ2n) is 5.93. The Morgan fingerprint density at radius 1 is 0.731 bits per heavy atom. The first-order valence-electron chi connectivity index (χ1n) is 8.16. The molecule has 3 aromatic rings. The summed E-state index contributed by atoms with van der Waals surface area (Å²) in [5, 5.41) is 0. The molecule has 0 aliphatic carbocycles. The second kappa shape index (κ2) is 7.72. The minimum Gasteiger partial charge on any atom is -0.493 e. The summed E-state index contributed by atoms with van der Waals surface area (Å²) >= 11 is 5.28. The molecule has 1 heterocycles. The number of rotatable bonds is 5. The zero-order chi connectivity index (χ0) is 18.8. The molecule has 3 nitrogen and oxygen atoms in total. The number of ether oxygens (including phenoxy) is 3. The zero-order valence-corrected chi connectivity index (χ0v) is 17.9. The van der Waals surface area contributed by atoms with Gasteiger partial charge in [-0.1, -0.05) is 28.1 Å². The van der Waals surface area contributed by atoms with Crippen LogP contribution in [-0.4, -0.2) is 21.3 Å². The highest BCUT2D eigenvalue weighted by molar-refractivity contribution is 9.10. The van der Waals surface area contributed by atoms with Gasteiger partial charge in [-0.15, -0.1) is 11.3 Å². The summed E-state index contributed by atoms with van der Waals surface area (Å²) in [6.45, 7) is 4.33. The van der Waals surface area contributed by atoms with E-state index in [-0.39, 0.29) is 0 Å². The Balaban J connectivity index is 2.16. The maximum atomic E-state index is 5.51. The van der Waals surface area contributed by atoms with Crippen LogP contribution in [-0.2, 0) is 0 Å². The fourth-order valence-electron chi connectivity index (χ4n) is 2.96. The monoisotopic (exact) mass is 432 g/mol. The molecule has 3 rings (SSSR count). The van der Waals surface area contributed by atoms with E-state index in [0.29, 0.717) is 17.2 Å². The fourth-order valence-corrected chi connectivity index (χ4v) is 4.53. The Morgan fingerprint density at radius 2 is 1.23 bits per heavy atom. The number of hydrogen-bond acceptors (Lipinski definition) is 4. The average Bonchev–Trinajstić information content (AvgIpc) is 2.96. The van der Waals surface area contributed by atoms with Gasteiger partial charge in [0.25, 0.3) is 0 Å². The smallest absolute Gasteiger partial charge is 0.203 e. The first-order chi connectivity index (χ1) is 12.5. The molecule has 0 spiro atoms. The number of hydrogen-bond donors (Lipinski definition) is 0. The van der Waals surface area contributed by atoms with E-state index in [0.717, 1.165) is 10.0 Å². The maximum Gasteiger partial charge on any atom is 0.203 e. The maximum absolute atomic E-state index is 5.51. The summed E-state index contributed by atoms with van der Waals surface area (Å²) in [5.74, 6) is 1.94. The van der Waals surface area contributed by atoms with Crippen LogP contribution >= 0.6 is 27.3 Å². The molecule has 0 fully saturated rings. The number of methoxy groups -OCH3 is 3. The molecule has 0 atom stereocenters. The van der Waals surface area contributed by atoms with Gasteiger partial charge in [-0.25, -0.2) is 0 Å². The van der Waals surface area contributed by atoms with Gasteiger partial charge in [0.15, 0.2) is 11.5 Å². The highest BCUT2D eigenvalue weighted by atomic mass is 79.9. The standard InChI is InChI=1S/C21H21BrO3S/c1-12-13(2)21(26-20(12)14-6-8-16(22)9-7-14)15-10-17(23-3)19(25-5)18(11-15)24-4/h6-11H,1-5H3. The number of benzene rings is 2. The van der Waals surface area contributed by atoms with E-state index in [2.05, 4.69) is 54.0 Å². The minimum atomic E-state index is 0.609. The third kappa shape index (κ3) is 3.33. The van der Waals surface area contributed by atoms with Crippen molar-refractivity contribution < 1.29 is 14.2 Å². The highest BCUT2D eigenvalue weighted by Crippen LogP contribution is 2.46. The summed E-state index contributed by atoms with van der Waals surface area (Å²) < 4.78 is 17.5. The predicted molar refractivity (Wildman–Crippen MR) is 112 cm³/mol. The Bertz CT molecular complexity index is 904. The van der Waals surface area contributed by atoms with Gasteiger partial charge in [-0.2, -0.15) is 0 Å². The summed E-state index contributed by atoms with van der Waals surface area (Å²) in [6.07, 6.45) is 0. The molecule has 0 N–H and O–H groups in total. The van der Waals surface area contributed by atoms with Crippen LogP contribution in [0.3, 0.4) is 0 Å². The van der Waals surface area contributed by atoms with Gasteiger partial charge in [0, 0.05) is 14.2 Å². The molecule has 5 heteroatoms. The SMILES string of the molecule is COc1cc(-c2sc(-c3ccc(Br)cc3)c(C)c2C)cc(OC)c1OC. The Hall–Kier alpha value is -1.98. The van der Waals surface area contributed by atoms with Crippen LogP contribution in [0.15, 0.2) is 40.9 Å². The molecule has 0 saturated heterocycles. The molecular formula is C21H21BrO3S. The van der Waals surface area contributed by atoms with Crippen molar-refractivity contribution >= 4 is 27.3 Å². The Kier molecular flexibility index (Phi) is 5.58. The molecule has 0 radical (unpaired) electrons. The van der Waals surface area contributed by atoms with Gasteiger partial charge in [0.05, 0.1) is 21.3 Å². The van der Waals surface area contributed by atoms with Crippen LogP contribution in [0, 0.1) is 13.8 Å². The van der Waals surface area contributed by atoms with Gasteiger partial charge in [0.1, 0.15) is 0 Å². The molecule has 1 aromatic heterocycles. The third-order valence-corrected chi connectivity index (χ3v) is 6.50. The lowest BCUT2D eigenvalue weighted by Gasteiger charge is -2.14. The van der Waals surface area contributed by atoms with E-state index in [1.807, 2.05) is 12.1 Å². The lowest BCUT2D eigenvalue weighted by Crippen LogP contribution is -1.95. The van der Waals surface area contributed by atoms with Crippen molar-refractivity contribution in [3.05, 3.63) is 52.0 Å². The van der Waals surface area contributed by atoms with Gasteiger partial charge in [-0.05, 0) is 60.4 Å². The van der Waals surface area contributed by atoms with E-state index < -0.39 is 0 Å². The van der Waals surface area contributed by atoms with E-state index in [1.54, 1.807) is 32.7 Å². The molecule has 0 amide bonds. The van der Waals surface area contributed by atoms with Crippen molar-refractivity contribution in [2.75, 3.05) is 21.3 Å². The topological polar surface area (TPSA) is 27.7 Å². The summed E-state index contributed by atoms with van der Waals surface area (Å²) in [4.78, 5) is 2.48. The van der Waals surface area contributed by atoms with Crippen LogP contribution in [0.5, 0.6) is 17.2 Å². The van der Waals surface area contributed by atoms with Gasteiger partial charge in [0.2, 0.25) is 5.75 Å². The van der Waals surface area contributed by atoms with Crippen LogP contribution in [0.1, 0.15) is 11.1 Å². The lowest BCUT2D eigenvalue weighted by molar-refractivity contribution is 0.324. The van der Waals surface area contributed by atoms with Crippen molar-refractivity contribution in [3.8, 4) is 38.1 Å². The molecule has 136 valence electrons. The molecule has 0 bridgehead atoms. The number of thiophene rings is 1. The third-order valence-electron chi connectivity index (χ3n) is 4.48. The van der Waals surface area contributed by atoms with Gasteiger partial charge in [-0.3, -0.25) is 0 Å². The quantitative estimate of drug-likeness (QED) is 0.461. The van der Waals surface area contributed by atoms with Crippen LogP contribution < -0.4 is 14.2 Å². The zero-order valence-electron chi connectivity index (χ0n) is 15.5. The summed E-state index contributed by atoms with van der Waals surface area (Å²) in [6, 6.07) is 12.4. The Labute approximate surface area is 166 Å². The van der Waals surface area contributed by atoms with Crippen LogP contribution in [0.2, 0.25) is 0 Å². The molecule has 0 aliphatic heterocycles. The van der Waals surface area contributed by atoms with Crippen molar-refractivity contribution in [1.29, 1.82) is 0 Å². The second-order valence-corrected chi connectivity index (χ2v) is 7.87. The molecule has 2 aromatic carbocycles. The first kappa shape index (κ1) is 18.8. The molecule has 0 aliphatic rings. The van der Waals surface area contributed by atoms with E-state index >= 15 is 0 Å². The van der Waals surface area contributed by atoms with Crippen LogP contribution in [0.4, 0.5) is 0 Å². The van der Waals surface area contributed by atoms with Gasteiger partial charge >= 0.3 is 0 Å². The van der Waals surface area contributed by atoms with E-state index in [1.165, 1.54) is 26.4 Å². The van der Waals surface area contributed by atoms with Crippen LogP contribution in [0.25, 0.3) is 20.9 Å². The van der Waals surface area contributed by atoms with Crippen molar-refractivity contribution in [1.82, 2.24) is 0 Å². The molecular weight excluding hydrogens is 412 g/mol. The van der Waals surface area contributed by atoms with Crippen molar-refractivity contribution in [2.24, 2.45) is 0 Å². The van der Waals surface area contributed by atoms with E-state index in [4.69, 9.17) is 14.2 Å². The normalized spacial score (nSPS) is 10.7. The summed E-state index contributed by atoms with van der Waals surface area (Å²) in [7, 11) is 4.90. The highest BCUT2D eigenvalue weighted by Gasteiger charge is 2.19. The van der Waals surface area contributed by atoms with Gasteiger partial charge < -0.3 is 14.2 Å². The lowest BCUT2D eigenvalue weighted by atomic mass is 10.0. The molecule has 0 saturated carbocycles. The van der Waals surface area contributed by atoms with E-state index in [9.17, 15) is 0 Å². The van der Waals surface area contributed by atoms with Crippen molar-refractivity contribution in [2.45, 2.75) is 13.8 Å². The minimum absolute atomic E-state index is 0.609. The molecule has 0 unspecified atom stereocenters. The number of halogens is 1. The predicted octanol–water partition coefficient (Wildman–Crippen LogP) is 6.49. The average molecular weight is 433 g/mol. The molecule has 26 heavy (non-hydrogen) atoms. The van der Waals surface area contributed by atoms with Crippen molar-refractivity contribution in [3.63, 3.8) is 0 Å². The Morgan fingerprint density at radius 3 is 1.69 bits per heavy atom.